The minimum Gasteiger partial charge on any atom is -0.383 e. The maximum absolute atomic E-state index is 12.4. The molecule has 0 aliphatic carbocycles. The molecule has 112 valence electrons. The van der Waals surface area contributed by atoms with Crippen LogP contribution in [0.15, 0.2) is 0 Å². The first-order valence-electron chi connectivity index (χ1n) is 7.55. The summed E-state index contributed by atoms with van der Waals surface area (Å²) in [6.45, 7) is 9.47. The summed E-state index contributed by atoms with van der Waals surface area (Å²) in [4.78, 5) is 14.5. The second kappa shape index (κ2) is 8.54. The molecular formula is C15H30N2O2. The number of carbonyl (C=O) groups excluding carboxylic acids is 1. The lowest BCUT2D eigenvalue weighted by Gasteiger charge is -2.33. The molecule has 0 spiro atoms. The number of hydrogen-bond acceptors (Lipinski definition) is 3. The summed E-state index contributed by atoms with van der Waals surface area (Å²) in [6.07, 6.45) is 3.51. The molecule has 1 aliphatic heterocycles. The Morgan fingerprint density at radius 3 is 2.74 bits per heavy atom. The molecule has 0 radical (unpaired) electrons. The number of methoxy groups -OCH3 is 1. The molecule has 1 saturated heterocycles. The van der Waals surface area contributed by atoms with E-state index in [1.54, 1.807) is 7.11 Å². The van der Waals surface area contributed by atoms with Gasteiger partial charge in [-0.25, -0.2) is 0 Å². The van der Waals surface area contributed by atoms with E-state index in [1.165, 1.54) is 6.42 Å². The van der Waals surface area contributed by atoms with Gasteiger partial charge in [0.15, 0.2) is 0 Å². The number of likely N-dealkylation sites (tertiary alicyclic amines) is 1. The van der Waals surface area contributed by atoms with Gasteiger partial charge in [-0.05, 0) is 31.1 Å². The van der Waals surface area contributed by atoms with Gasteiger partial charge in [0.25, 0.3) is 0 Å². The van der Waals surface area contributed by atoms with Gasteiger partial charge in [-0.3, -0.25) is 4.79 Å². The summed E-state index contributed by atoms with van der Waals surface area (Å²) < 4.78 is 4.98. The lowest BCUT2D eigenvalue weighted by atomic mass is 9.95. The molecule has 2 atom stereocenters. The normalized spacial score (nSPS) is 24.6. The molecule has 4 heteroatoms. The largest absolute Gasteiger partial charge is 0.383 e. The van der Waals surface area contributed by atoms with Crippen LogP contribution in [0, 0.1) is 11.8 Å². The fraction of sp³-hybridized carbons (Fsp3) is 0.933. The first-order chi connectivity index (χ1) is 9.06. The van der Waals surface area contributed by atoms with Crippen molar-refractivity contribution in [2.75, 3.05) is 33.4 Å². The van der Waals surface area contributed by atoms with Crippen LogP contribution in [0.3, 0.4) is 0 Å². The van der Waals surface area contributed by atoms with Gasteiger partial charge in [0, 0.05) is 26.2 Å². The van der Waals surface area contributed by atoms with Crippen molar-refractivity contribution < 1.29 is 9.53 Å². The van der Waals surface area contributed by atoms with E-state index in [0.717, 1.165) is 31.8 Å². The monoisotopic (exact) mass is 270 g/mol. The molecule has 1 heterocycles. The van der Waals surface area contributed by atoms with E-state index in [-0.39, 0.29) is 5.91 Å². The number of nitrogens with zero attached hydrogens (tertiary/aromatic N) is 1. The minimum absolute atomic E-state index is 0.240. The Kier molecular flexibility index (Phi) is 7.39. The minimum atomic E-state index is 0.240. The smallest absolute Gasteiger partial charge is 0.236 e. The first-order valence-corrected chi connectivity index (χ1v) is 7.55. The lowest BCUT2D eigenvalue weighted by Crippen LogP contribution is -2.46. The molecule has 1 rings (SSSR count). The molecule has 4 nitrogen and oxygen atoms in total. The number of rotatable bonds is 6. The fourth-order valence-corrected chi connectivity index (χ4v) is 2.75. The Balaban J connectivity index is 2.51. The van der Waals surface area contributed by atoms with Crippen LogP contribution < -0.4 is 5.32 Å². The van der Waals surface area contributed by atoms with Gasteiger partial charge >= 0.3 is 0 Å². The summed E-state index contributed by atoms with van der Waals surface area (Å²) in [5.74, 6) is 1.51. The highest BCUT2D eigenvalue weighted by Crippen LogP contribution is 2.25. The second-order valence-electron chi connectivity index (χ2n) is 6.04. The Hall–Kier alpha value is -0.610. The number of hydrogen-bond donors (Lipinski definition) is 1. The molecule has 1 aliphatic rings. The van der Waals surface area contributed by atoms with Crippen LogP contribution in [-0.4, -0.2) is 50.2 Å². The van der Waals surface area contributed by atoms with Gasteiger partial charge in [0.2, 0.25) is 5.91 Å². The van der Waals surface area contributed by atoms with Crippen LogP contribution in [0.1, 0.15) is 40.0 Å². The fourth-order valence-electron chi connectivity index (χ4n) is 2.75. The number of carbonyl (C=O) groups is 1. The Labute approximate surface area is 117 Å². The quantitative estimate of drug-likeness (QED) is 0.750. The standard InChI is InChI=1S/C15H30N2O2/c1-12(2)14-6-5-13(3)7-9-17(14)15(18)11-16-8-10-19-4/h12-14,16H,5-11H2,1-4H3/t13-,14+/m1/s1. The van der Waals surface area contributed by atoms with Crippen molar-refractivity contribution >= 4 is 5.91 Å². The van der Waals surface area contributed by atoms with Crippen molar-refractivity contribution in [1.82, 2.24) is 10.2 Å². The molecule has 0 unspecified atom stereocenters. The van der Waals surface area contributed by atoms with E-state index in [1.807, 2.05) is 0 Å². The molecule has 0 aromatic carbocycles. The molecular weight excluding hydrogens is 240 g/mol. The predicted octanol–water partition coefficient (Wildman–Crippen LogP) is 1.90. The van der Waals surface area contributed by atoms with Gasteiger partial charge < -0.3 is 15.0 Å². The summed E-state index contributed by atoms with van der Waals surface area (Å²) in [5, 5.41) is 3.16. The van der Waals surface area contributed by atoms with Crippen molar-refractivity contribution in [3.8, 4) is 0 Å². The molecule has 0 saturated carbocycles. The topological polar surface area (TPSA) is 41.6 Å². The molecule has 1 N–H and O–H groups in total. The number of amides is 1. The summed E-state index contributed by atoms with van der Waals surface area (Å²) >= 11 is 0. The average molecular weight is 270 g/mol. The predicted molar refractivity (Wildman–Crippen MR) is 78.1 cm³/mol. The Bertz CT molecular complexity index is 269. The van der Waals surface area contributed by atoms with Gasteiger partial charge in [-0.2, -0.15) is 0 Å². The van der Waals surface area contributed by atoms with Gasteiger partial charge in [0.05, 0.1) is 13.2 Å². The van der Waals surface area contributed by atoms with Crippen LogP contribution in [0.4, 0.5) is 0 Å². The first kappa shape index (κ1) is 16.4. The van der Waals surface area contributed by atoms with Crippen molar-refractivity contribution in [2.24, 2.45) is 11.8 Å². The van der Waals surface area contributed by atoms with Crippen LogP contribution in [0.25, 0.3) is 0 Å². The van der Waals surface area contributed by atoms with E-state index in [2.05, 4.69) is 31.0 Å². The number of nitrogens with one attached hydrogen (secondary N) is 1. The van der Waals surface area contributed by atoms with Gasteiger partial charge in [-0.15, -0.1) is 0 Å². The highest BCUT2D eigenvalue weighted by Gasteiger charge is 2.28. The third-order valence-electron chi connectivity index (χ3n) is 4.07. The van der Waals surface area contributed by atoms with Crippen LogP contribution in [-0.2, 0) is 9.53 Å². The van der Waals surface area contributed by atoms with E-state index < -0.39 is 0 Å². The van der Waals surface area contributed by atoms with E-state index >= 15 is 0 Å². The molecule has 1 fully saturated rings. The lowest BCUT2D eigenvalue weighted by molar-refractivity contribution is -0.133. The number of ether oxygens (including phenoxy) is 1. The van der Waals surface area contributed by atoms with Crippen molar-refractivity contribution in [2.45, 2.75) is 46.1 Å². The van der Waals surface area contributed by atoms with Crippen LogP contribution in [0.2, 0.25) is 0 Å². The van der Waals surface area contributed by atoms with Crippen LogP contribution >= 0.6 is 0 Å². The molecule has 0 aromatic heterocycles. The van der Waals surface area contributed by atoms with Crippen molar-refractivity contribution in [3.05, 3.63) is 0 Å². The van der Waals surface area contributed by atoms with Crippen molar-refractivity contribution in [3.63, 3.8) is 0 Å². The molecule has 0 aromatic rings. The zero-order chi connectivity index (χ0) is 14.3. The highest BCUT2D eigenvalue weighted by molar-refractivity contribution is 5.78. The Morgan fingerprint density at radius 2 is 2.11 bits per heavy atom. The second-order valence-corrected chi connectivity index (χ2v) is 6.04. The van der Waals surface area contributed by atoms with E-state index in [0.29, 0.717) is 25.1 Å². The third-order valence-corrected chi connectivity index (χ3v) is 4.07. The van der Waals surface area contributed by atoms with Gasteiger partial charge in [-0.1, -0.05) is 20.8 Å². The maximum atomic E-state index is 12.4. The SMILES string of the molecule is COCCNCC(=O)N1CC[C@H](C)CC[C@H]1C(C)C. The van der Waals surface area contributed by atoms with E-state index in [4.69, 9.17) is 4.74 Å². The molecule has 19 heavy (non-hydrogen) atoms. The highest BCUT2D eigenvalue weighted by atomic mass is 16.5. The molecule has 1 amide bonds. The van der Waals surface area contributed by atoms with Crippen molar-refractivity contribution in [1.29, 1.82) is 0 Å². The molecule has 0 bridgehead atoms. The summed E-state index contributed by atoms with van der Waals surface area (Å²) in [6, 6.07) is 0.404. The summed E-state index contributed by atoms with van der Waals surface area (Å²) in [7, 11) is 1.68. The zero-order valence-corrected chi connectivity index (χ0v) is 12.9. The maximum Gasteiger partial charge on any atom is 0.236 e. The van der Waals surface area contributed by atoms with Gasteiger partial charge in [0.1, 0.15) is 0 Å². The zero-order valence-electron chi connectivity index (χ0n) is 12.9. The third kappa shape index (κ3) is 5.49. The average Bonchev–Trinajstić information content (AvgIpc) is 2.56. The summed E-state index contributed by atoms with van der Waals surface area (Å²) in [5.41, 5.74) is 0. The Morgan fingerprint density at radius 1 is 1.37 bits per heavy atom. The van der Waals surface area contributed by atoms with Crippen LogP contribution in [0.5, 0.6) is 0 Å². The van der Waals surface area contributed by atoms with E-state index in [9.17, 15) is 4.79 Å².